The van der Waals surface area contributed by atoms with Crippen LogP contribution in [0.15, 0.2) is 12.3 Å². The van der Waals surface area contributed by atoms with Crippen LogP contribution >= 0.6 is 0 Å². The molecular formula is C9H13N3O4. The Morgan fingerprint density at radius 1 is 1.50 bits per heavy atom. The maximum atomic E-state index is 11.1. The number of rotatable bonds is 6. The molecule has 88 valence electrons. The molecule has 0 atom stereocenters. The summed E-state index contributed by atoms with van der Waals surface area (Å²) in [5, 5.41) is 23.3. The van der Waals surface area contributed by atoms with Crippen LogP contribution in [0.4, 0.5) is 0 Å². The predicted molar refractivity (Wildman–Crippen MR) is 53.9 cm³/mol. The minimum atomic E-state index is -1.09. The Kier molecular flexibility index (Phi) is 4.46. The van der Waals surface area contributed by atoms with E-state index in [0.717, 1.165) is 0 Å². The molecule has 0 bridgehead atoms. The number of aliphatic hydroxyl groups is 1. The molecule has 1 heterocycles. The monoisotopic (exact) mass is 227 g/mol. The number of hydrogen-bond donors (Lipinski definition) is 3. The SMILES string of the molecule is O=C(CCn1ccc(C(=O)O)n1)NCCO. The second-order valence-corrected chi connectivity index (χ2v) is 3.09. The highest BCUT2D eigenvalue weighted by molar-refractivity contribution is 5.85. The smallest absolute Gasteiger partial charge is 0.356 e. The number of amides is 1. The summed E-state index contributed by atoms with van der Waals surface area (Å²) in [6.45, 7) is 0.430. The standard InChI is InChI=1S/C9H13N3O4/c13-6-3-10-8(14)2-5-12-4-1-7(11-12)9(15)16/h1,4,13H,2-3,5-6H2,(H,10,14)(H,15,16). The van der Waals surface area contributed by atoms with E-state index in [0.29, 0.717) is 6.54 Å². The molecule has 1 rings (SSSR count). The Balaban J connectivity index is 2.36. The predicted octanol–water partition coefficient (Wildman–Crippen LogP) is -0.920. The fourth-order valence-corrected chi connectivity index (χ4v) is 1.10. The normalized spacial score (nSPS) is 10.1. The highest BCUT2D eigenvalue weighted by Gasteiger charge is 2.07. The third-order valence-corrected chi connectivity index (χ3v) is 1.86. The molecule has 0 aliphatic heterocycles. The van der Waals surface area contributed by atoms with Crippen LogP contribution in [0.2, 0.25) is 0 Å². The van der Waals surface area contributed by atoms with Crippen molar-refractivity contribution in [2.75, 3.05) is 13.2 Å². The van der Waals surface area contributed by atoms with Crippen LogP contribution in [-0.2, 0) is 11.3 Å². The number of hydrogen-bond acceptors (Lipinski definition) is 4. The fraction of sp³-hybridized carbons (Fsp3) is 0.444. The maximum absolute atomic E-state index is 11.1. The van der Waals surface area contributed by atoms with Gasteiger partial charge in [0.15, 0.2) is 5.69 Å². The van der Waals surface area contributed by atoms with E-state index in [1.165, 1.54) is 16.9 Å². The Morgan fingerprint density at radius 3 is 2.81 bits per heavy atom. The van der Waals surface area contributed by atoms with Gasteiger partial charge in [-0.15, -0.1) is 0 Å². The third kappa shape index (κ3) is 3.70. The molecule has 16 heavy (non-hydrogen) atoms. The molecule has 0 saturated carbocycles. The van der Waals surface area contributed by atoms with E-state index in [1.807, 2.05) is 0 Å². The van der Waals surface area contributed by atoms with Crippen LogP contribution in [0.25, 0.3) is 0 Å². The number of aryl methyl sites for hydroxylation is 1. The molecule has 0 aliphatic rings. The Bertz CT molecular complexity index is 375. The van der Waals surface area contributed by atoms with E-state index < -0.39 is 5.97 Å². The van der Waals surface area contributed by atoms with Gasteiger partial charge in [0.2, 0.25) is 5.91 Å². The van der Waals surface area contributed by atoms with Gasteiger partial charge in [0.25, 0.3) is 0 Å². The first-order valence-electron chi connectivity index (χ1n) is 4.78. The molecule has 0 aromatic carbocycles. The van der Waals surface area contributed by atoms with Gasteiger partial charge in [-0.05, 0) is 6.07 Å². The molecule has 3 N–H and O–H groups in total. The number of aromatic nitrogens is 2. The molecule has 0 spiro atoms. The fourth-order valence-electron chi connectivity index (χ4n) is 1.10. The molecule has 1 aromatic rings. The average molecular weight is 227 g/mol. The van der Waals surface area contributed by atoms with E-state index in [9.17, 15) is 9.59 Å². The molecule has 1 aromatic heterocycles. The third-order valence-electron chi connectivity index (χ3n) is 1.86. The summed E-state index contributed by atoms with van der Waals surface area (Å²) in [4.78, 5) is 21.6. The van der Waals surface area contributed by atoms with Crippen LogP contribution in [-0.4, -0.2) is 45.0 Å². The zero-order valence-corrected chi connectivity index (χ0v) is 8.59. The van der Waals surface area contributed by atoms with E-state index in [2.05, 4.69) is 10.4 Å². The minimum absolute atomic E-state index is 0.0456. The molecular weight excluding hydrogens is 214 g/mol. The van der Waals surface area contributed by atoms with E-state index in [1.54, 1.807) is 0 Å². The van der Waals surface area contributed by atoms with Gasteiger partial charge >= 0.3 is 5.97 Å². The second-order valence-electron chi connectivity index (χ2n) is 3.09. The zero-order valence-electron chi connectivity index (χ0n) is 8.59. The summed E-state index contributed by atoms with van der Waals surface area (Å²) in [7, 11) is 0. The van der Waals surface area contributed by atoms with Crippen LogP contribution in [0.3, 0.4) is 0 Å². The lowest BCUT2D eigenvalue weighted by Gasteiger charge is -2.02. The van der Waals surface area contributed by atoms with Crippen LogP contribution in [0, 0.1) is 0 Å². The highest BCUT2D eigenvalue weighted by atomic mass is 16.4. The van der Waals surface area contributed by atoms with Crippen molar-refractivity contribution in [2.45, 2.75) is 13.0 Å². The topological polar surface area (TPSA) is 104 Å². The molecule has 0 radical (unpaired) electrons. The van der Waals surface area contributed by atoms with Crippen molar-refractivity contribution in [1.82, 2.24) is 15.1 Å². The van der Waals surface area contributed by atoms with Gasteiger partial charge in [-0.3, -0.25) is 9.48 Å². The number of nitrogens with zero attached hydrogens (tertiary/aromatic N) is 2. The Morgan fingerprint density at radius 2 is 2.25 bits per heavy atom. The van der Waals surface area contributed by atoms with Crippen LogP contribution in [0.5, 0.6) is 0 Å². The second kappa shape index (κ2) is 5.86. The Labute approximate surface area is 91.7 Å². The number of carboxylic acid groups (broad SMARTS) is 1. The summed E-state index contributed by atoms with van der Waals surface area (Å²) >= 11 is 0. The summed E-state index contributed by atoms with van der Waals surface area (Å²) in [6, 6.07) is 1.37. The quantitative estimate of drug-likeness (QED) is 0.583. The first-order valence-corrected chi connectivity index (χ1v) is 4.78. The van der Waals surface area contributed by atoms with Crippen molar-refractivity contribution in [3.05, 3.63) is 18.0 Å². The van der Waals surface area contributed by atoms with Crippen molar-refractivity contribution in [1.29, 1.82) is 0 Å². The minimum Gasteiger partial charge on any atom is -0.476 e. The number of nitrogens with one attached hydrogen (secondary N) is 1. The van der Waals surface area contributed by atoms with Crippen LogP contribution in [0.1, 0.15) is 16.9 Å². The number of carbonyl (C=O) groups excluding carboxylic acids is 1. The van der Waals surface area contributed by atoms with Crippen molar-refractivity contribution in [2.24, 2.45) is 0 Å². The van der Waals surface area contributed by atoms with Crippen molar-refractivity contribution in [3.63, 3.8) is 0 Å². The summed E-state index contributed by atoms with van der Waals surface area (Å²) in [5.41, 5.74) is -0.0456. The largest absolute Gasteiger partial charge is 0.476 e. The van der Waals surface area contributed by atoms with Crippen LogP contribution < -0.4 is 5.32 Å². The summed E-state index contributed by atoms with van der Waals surface area (Å²) in [5.74, 6) is -1.30. The first-order chi connectivity index (χ1) is 7.63. The van der Waals surface area contributed by atoms with Gasteiger partial charge in [-0.2, -0.15) is 5.10 Å². The van der Waals surface area contributed by atoms with Gasteiger partial charge in [-0.1, -0.05) is 0 Å². The van der Waals surface area contributed by atoms with Gasteiger partial charge in [0.05, 0.1) is 6.61 Å². The molecule has 0 unspecified atom stereocenters. The molecule has 7 nitrogen and oxygen atoms in total. The number of aromatic carboxylic acids is 1. The zero-order chi connectivity index (χ0) is 12.0. The molecule has 7 heteroatoms. The van der Waals surface area contributed by atoms with Crippen molar-refractivity contribution in [3.8, 4) is 0 Å². The lowest BCUT2D eigenvalue weighted by Crippen LogP contribution is -2.27. The maximum Gasteiger partial charge on any atom is 0.356 e. The lowest BCUT2D eigenvalue weighted by atomic mass is 10.4. The number of aliphatic hydroxyl groups excluding tert-OH is 1. The number of carbonyl (C=O) groups is 2. The van der Waals surface area contributed by atoms with Gasteiger partial charge in [-0.25, -0.2) is 4.79 Å². The first kappa shape index (κ1) is 12.2. The van der Waals surface area contributed by atoms with E-state index >= 15 is 0 Å². The van der Waals surface area contributed by atoms with Crippen molar-refractivity contribution >= 4 is 11.9 Å². The van der Waals surface area contributed by atoms with Gasteiger partial charge < -0.3 is 15.5 Å². The summed E-state index contributed by atoms with van der Waals surface area (Å²) < 4.78 is 1.39. The van der Waals surface area contributed by atoms with E-state index in [-0.39, 0.29) is 31.2 Å². The molecule has 0 aliphatic carbocycles. The molecule has 0 fully saturated rings. The molecule has 1 amide bonds. The Hall–Kier alpha value is -1.89. The van der Waals surface area contributed by atoms with Gasteiger partial charge in [0.1, 0.15) is 0 Å². The average Bonchev–Trinajstić information content (AvgIpc) is 2.72. The van der Waals surface area contributed by atoms with Gasteiger partial charge in [0, 0.05) is 25.7 Å². The summed E-state index contributed by atoms with van der Waals surface area (Å²) in [6.07, 6.45) is 1.70. The highest BCUT2D eigenvalue weighted by Crippen LogP contribution is 1.96. The van der Waals surface area contributed by atoms with Crippen molar-refractivity contribution < 1.29 is 19.8 Å². The van der Waals surface area contributed by atoms with E-state index in [4.69, 9.17) is 10.2 Å². The molecule has 0 saturated heterocycles. The number of carboxylic acids is 1. The lowest BCUT2D eigenvalue weighted by molar-refractivity contribution is -0.121.